The molecule has 1 aliphatic rings. The summed E-state index contributed by atoms with van der Waals surface area (Å²) < 4.78 is 6.16. The number of hydrogen-bond acceptors (Lipinski definition) is 6. The average Bonchev–Trinajstić information content (AvgIpc) is 2.74. The average molecular weight is 323 g/mol. The van der Waals surface area contributed by atoms with Crippen LogP contribution in [0.3, 0.4) is 0 Å². The van der Waals surface area contributed by atoms with Gasteiger partial charge in [0.2, 0.25) is 5.91 Å². The van der Waals surface area contributed by atoms with Crippen LogP contribution in [0.5, 0.6) is 0 Å². The highest BCUT2D eigenvalue weighted by Gasteiger charge is 2.17. The number of aryl methyl sites for hydroxylation is 2. The van der Waals surface area contributed by atoms with E-state index in [2.05, 4.69) is 23.7 Å². The molecule has 0 atom stereocenters. The Balaban J connectivity index is 2.22. The third-order valence-corrected chi connectivity index (χ3v) is 5.63. The van der Waals surface area contributed by atoms with Crippen LogP contribution < -0.4 is 9.57 Å². The number of carbonyl (C=O) groups is 1. The van der Waals surface area contributed by atoms with Gasteiger partial charge < -0.3 is 9.64 Å². The zero-order valence-electron chi connectivity index (χ0n) is 12.3. The fourth-order valence-corrected chi connectivity index (χ4v) is 4.60. The highest BCUT2D eigenvalue weighted by atomic mass is 32.1. The number of aromatic nitrogens is 1. The summed E-state index contributed by atoms with van der Waals surface area (Å²) in [6.07, 6.45) is 0. The second-order valence-corrected chi connectivity index (χ2v) is 7.15. The van der Waals surface area contributed by atoms with E-state index in [0.717, 1.165) is 33.1 Å². The molecule has 1 aliphatic heterocycles. The molecule has 1 amide bonds. The molecule has 0 spiro atoms. The van der Waals surface area contributed by atoms with Crippen LogP contribution in [0.4, 0.5) is 5.13 Å². The van der Waals surface area contributed by atoms with E-state index in [9.17, 15) is 4.79 Å². The Bertz CT molecular complexity index is 757. The Labute approximate surface area is 130 Å². The summed E-state index contributed by atoms with van der Waals surface area (Å²) in [7, 11) is 0. The highest BCUT2D eigenvalue weighted by Crippen LogP contribution is 2.30. The van der Waals surface area contributed by atoms with Gasteiger partial charge in [-0.25, -0.2) is 9.98 Å². The van der Waals surface area contributed by atoms with Crippen molar-refractivity contribution in [1.82, 2.24) is 4.98 Å². The standard InChI is InChI=1S/C14H17N3O2S2/c1-8-9(2)20-13-11(8)12(15-10(3)18)21-14(16-13)17-4-6-19-7-5-17/h4-7H2,1-3H3. The van der Waals surface area contributed by atoms with Crippen LogP contribution in [0.15, 0.2) is 4.99 Å². The molecule has 2 aromatic heterocycles. The zero-order valence-corrected chi connectivity index (χ0v) is 13.9. The Hall–Kier alpha value is -1.31. The molecule has 2 aromatic rings. The predicted octanol–water partition coefficient (Wildman–Crippen LogP) is 2.26. The van der Waals surface area contributed by atoms with Crippen molar-refractivity contribution in [2.24, 2.45) is 4.99 Å². The molecule has 7 heteroatoms. The quantitative estimate of drug-likeness (QED) is 0.808. The van der Waals surface area contributed by atoms with E-state index >= 15 is 0 Å². The van der Waals surface area contributed by atoms with Crippen LogP contribution in [0.2, 0.25) is 0 Å². The number of rotatable bonds is 1. The molecule has 5 nitrogen and oxygen atoms in total. The number of fused-ring (bicyclic) bond motifs is 1. The van der Waals surface area contributed by atoms with Gasteiger partial charge in [-0.3, -0.25) is 4.79 Å². The van der Waals surface area contributed by atoms with Gasteiger partial charge in [0.25, 0.3) is 0 Å². The fourth-order valence-electron chi connectivity index (χ4n) is 2.30. The fraction of sp³-hybridized carbons (Fsp3) is 0.500. The molecule has 0 unspecified atom stereocenters. The number of morpholine rings is 1. The second kappa shape index (κ2) is 5.82. The van der Waals surface area contributed by atoms with Crippen molar-refractivity contribution in [3.8, 4) is 0 Å². The van der Waals surface area contributed by atoms with Gasteiger partial charge in [0.1, 0.15) is 9.50 Å². The summed E-state index contributed by atoms with van der Waals surface area (Å²) in [6.45, 7) is 8.73. The van der Waals surface area contributed by atoms with Crippen molar-refractivity contribution >= 4 is 43.9 Å². The lowest BCUT2D eigenvalue weighted by Crippen LogP contribution is -2.36. The van der Waals surface area contributed by atoms with Gasteiger partial charge in [-0.15, -0.1) is 11.3 Å². The third kappa shape index (κ3) is 2.86. The minimum atomic E-state index is -0.171. The van der Waals surface area contributed by atoms with E-state index in [1.54, 1.807) is 11.3 Å². The van der Waals surface area contributed by atoms with Crippen LogP contribution in [0, 0.1) is 13.8 Å². The topological polar surface area (TPSA) is 54.8 Å². The third-order valence-electron chi connectivity index (χ3n) is 3.51. The molecule has 0 bridgehead atoms. The van der Waals surface area contributed by atoms with Crippen LogP contribution in [-0.2, 0) is 9.53 Å². The first-order valence-electron chi connectivity index (χ1n) is 6.85. The maximum absolute atomic E-state index is 11.5. The largest absolute Gasteiger partial charge is 0.378 e. The molecule has 3 heterocycles. The molecule has 0 radical (unpaired) electrons. The van der Waals surface area contributed by atoms with Crippen LogP contribution in [-0.4, -0.2) is 37.2 Å². The van der Waals surface area contributed by atoms with Gasteiger partial charge in [-0.2, -0.15) is 0 Å². The molecule has 112 valence electrons. The molecular weight excluding hydrogens is 306 g/mol. The first-order valence-corrected chi connectivity index (χ1v) is 8.48. The van der Waals surface area contributed by atoms with Crippen molar-refractivity contribution < 1.29 is 9.53 Å². The maximum atomic E-state index is 11.5. The predicted molar refractivity (Wildman–Crippen MR) is 86.2 cm³/mol. The first kappa shape index (κ1) is 14.6. The van der Waals surface area contributed by atoms with Crippen LogP contribution in [0.25, 0.3) is 10.2 Å². The summed E-state index contributed by atoms with van der Waals surface area (Å²) >= 11 is 3.16. The molecule has 0 N–H and O–H groups in total. The molecule has 21 heavy (non-hydrogen) atoms. The van der Waals surface area contributed by atoms with Crippen molar-refractivity contribution in [1.29, 1.82) is 0 Å². The van der Waals surface area contributed by atoms with E-state index in [1.807, 2.05) is 0 Å². The van der Waals surface area contributed by atoms with Crippen molar-refractivity contribution in [2.75, 3.05) is 31.2 Å². The Morgan fingerprint density at radius 3 is 2.67 bits per heavy atom. The molecule has 1 saturated heterocycles. The smallest absolute Gasteiger partial charge is 0.243 e. The highest BCUT2D eigenvalue weighted by molar-refractivity contribution is 7.20. The number of amides is 1. The summed E-state index contributed by atoms with van der Waals surface area (Å²) in [6, 6.07) is 0. The number of thiophene rings is 1. The van der Waals surface area contributed by atoms with Gasteiger partial charge in [0.15, 0.2) is 5.13 Å². The molecular formula is C14H17N3O2S2. The Kier molecular flexibility index (Phi) is 4.05. The van der Waals surface area contributed by atoms with Gasteiger partial charge >= 0.3 is 0 Å². The van der Waals surface area contributed by atoms with Crippen molar-refractivity contribution in [3.63, 3.8) is 0 Å². The van der Waals surface area contributed by atoms with E-state index in [1.165, 1.54) is 28.7 Å². The maximum Gasteiger partial charge on any atom is 0.243 e. The monoisotopic (exact) mass is 323 g/mol. The molecule has 1 fully saturated rings. The lowest BCUT2D eigenvalue weighted by molar-refractivity contribution is -0.116. The lowest BCUT2D eigenvalue weighted by Gasteiger charge is -2.26. The SMILES string of the molecule is CC(=O)N=c1sc(N2CCOCC2)nc2sc(C)c(C)c12. The van der Waals surface area contributed by atoms with Gasteiger partial charge in [-0.05, 0) is 19.4 Å². The van der Waals surface area contributed by atoms with Crippen LogP contribution in [0.1, 0.15) is 17.4 Å². The summed E-state index contributed by atoms with van der Waals surface area (Å²) in [4.78, 5) is 24.8. The lowest BCUT2D eigenvalue weighted by atomic mass is 10.2. The Morgan fingerprint density at radius 1 is 1.29 bits per heavy atom. The molecule has 0 aliphatic carbocycles. The number of hydrogen-bond donors (Lipinski definition) is 0. The first-order chi connectivity index (χ1) is 10.1. The Morgan fingerprint density at radius 2 is 2.00 bits per heavy atom. The summed E-state index contributed by atoms with van der Waals surface area (Å²) in [5.41, 5.74) is 1.17. The van der Waals surface area contributed by atoms with Gasteiger partial charge in [0, 0.05) is 24.9 Å². The molecule has 3 rings (SSSR count). The second-order valence-electron chi connectivity index (χ2n) is 5.00. The van der Waals surface area contributed by atoms with E-state index in [0.29, 0.717) is 13.2 Å². The summed E-state index contributed by atoms with van der Waals surface area (Å²) in [5, 5.41) is 1.95. The van der Waals surface area contributed by atoms with Crippen molar-refractivity contribution in [2.45, 2.75) is 20.8 Å². The zero-order chi connectivity index (χ0) is 15.0. The number of ether oxygens (including phenoxy) is 1. The molecule has 0 saturated carbocycles. The van der Waals surface area contributed by atoms with Gasteiger partial charge in [-0.1, -0.05) is 11.3 Å². The summed E-state index contributed by atoms with van der Waals surface area (Å²) in [5.74, 6) is -0.171. The minimum Gasteiger partial charge on any atom is -0.378 e. The van der Waals surface area contributed by atoms with E-state index in [-0.39, 0.29) is 5.91 Å². The number of nitrogens with zero attached hydrogens (tertiary/aromatic N) is 3. The number of anilines is 1. The van der Waals surface area contributed by atoms with E-state index < -0.39 is 0 Å². The van der Waals surface area contributed by atoms with E-state index in [4.69, 9.17) is 9.72 Å². The van der Waals surface area contributed by atoms with Crippen LogP contribution >= 0.6 is 22.7 Å². The normalized spacial score (nSPS) is 16.7. The van der Waals surface area contributed by atoms with Gasteiger partial charge in [0.05, 0.1) is 18.6 Å². The van der Waals surface area contributed by atoms with Crippen molar-refractivity contribution in [3.05, 3.63) is 15.1 Å². The minimum absolute atomic E-state index is 0.171. The number of carbonyl (C=O) groups excluding carboxylic acids is 1. The molecule has 0 aromatic carbocycles.